The van der Waals surface area contributed by atoms with Crippen molar-refractivity contribution in [1.29, 1.82) is 5.26 Å². The van der Waals surface area contributed by atoms with Crippen LogP contribution in [0.25, 0.3) is 10.7 Å². The van der Waals surface area contributed by atoms with E-state index in [0.29, 0.717) is 15.7 Å². The molecule has 0 unspecified atom stereocenters. The number of nitrogens with zero attached hydrogens (tertiary/aromatic N) is 4. The predicted octanol–water partition coefficient (Wildman–Crippen LogP) is 5.11. The molecule has 2 atom stereocenters. The molecule has 4 rings (SSSR count). The number of fused-ring (bicyclic) bond motifs is 1. The molecule has 1 N–H and O–H groups in total. The van der Waals surface area contributed by atoms with Gasteiger partial charge in [-0.05, 0) is 55.2 Å². The zero-order chi connectivity index (χ0) is 21.3. The maximum Gasteiger partial charge on any atom is 0.238 e. The highest BCUT2D eigenvalue weighted by atomic mass is 32.2. The van der Waals surface area contributed by atoms with Crippen molar-refractivity contribution >= 4 is 45.3 Å². The van der Waals surface area contributed by atoms with Crippen LogP contribution in [0.3, 0.4) is 0 Å². The Morgan fingerprint density at radius 1 is 1.50 bits per heavy atom. The molecule has 0 saturated carbocycles. The van der Waals surface area contributed by atoms with E-state index in [1.54, 1.807) is 11.4 Å². The van der Waals surface area contributed by atoms with Crippen LogP contribution >= 0.6 is 34.4 Å². The second kappa shape index (κ2) is 8.92. The van der Waals surface area contributed by atoms with Crippen LogP contribution < -0.4 is 5.32 Å². The average molecular weight is 458 g/mol. The molecule has 0 aromatic carbocycles. The first-order valence-corrected chi connectivity index (χ1v) is 12.5. The number of thioether (sulfide) groups is 1. The first kappa shape index (κ1) is 21.1. The van der Waals surface area contributed by atoms with Crippen molar-refractivity contribution in [3.8, 4) is 16.8 Å². The molecule has 30 heavy (non-hydrogen) atoms. The van der Waals surface area contributed by atoms with Crippen molar-refractivity contribution in [1.82, 2.24) is 14.8 Å². The minimum atomic E-state index is -0.365. The Kier molecular flexibility index (Phi) is 6.27. The second-order valence-electron chi connectivity index (χ2n) is 7.47. The van der Waals surface area contributed by atoms with Crippen LogP contribution in [0.2, 0.25) is 0 Å². The minimum absolute atomic E-state index is 0.152. The largest absolute Gasteiger partial charge is 0.316 e. The van der Waals surface area contributed by atoms with Gasteiger partial charge in [0.1, 0.15) is 11.1 Å². The number of carbonyl (C=O) groups excluding carboxylic acids is 1. The third kappa shape index (κ3) is 4.17. The first-order valence-electron chi connectivity index (χ1n) is 9.96. The molecule has 3 heterocycles. The zero-order valence-corrected chi connectivity index (χ0v) is 19.6. The van der Waals surface area contributed by atoms with E-state index in [0.717, 1.165) is 29.5 Å². The molecule has 1 amide bonds. The lowest BCUT2D eigenvalue weighted by atomic mass is 9.87. The van der Waals surface area contributed by atoms with Crippen LogP contribution in [-0.4, -0.2) is 25.9 Å². The zero-order valence-electron chi connectivity index (χ0n) is 17.1. The van der Waals surface area contributed by atoms with Gasteiger partial charge < -0.3 is 9.88 Å². The summed E-state index contributed by atoms with van der Waals surface area (Å²) in [5.41, 5.74) is 1.95. The van der Waals surface area contributed by atoms with Crippen LogP contribution in [-0.2, 0) is 24.7 Å². The summed E-state index contributed by atoms with van der Waals surface area (Å²) in [5, 5.41) is 23.4. The van der Waals surface area contributed by atoms with E-state index in [1.807, 2.05) is 29.9 Å². The van der Waals surface area contributed by atoms with Gasteiger partial charge >= 0.3 is 0 Å². The molecule has 0 saturated heterocycles. The Bertz CT molecular complexity index is 1110. The molecule has 0 radical (unpaired) electrons. The molecule has 0 aliphatic heterocycles. The van der Waals surface area contributed by atoms with Gasteiger partial charge in [-0.15, -0.1) is 32.9 Å². The molecule has 0 fully saturated rings. The van der Waals surface area contributed by atoms with Gasteiger partial charge in [-0.3, -0.25) is 4.79 Å². The first-order chi connectivity index (χ1) is 14.5. The van der Waals surface area contributed by atoms with Crippen molar-refractivity contribution in [2.45, 2.75) is 49.9 Å². The average Bonchev–Trinajstić information content (AvgIpc) is 3.46. The molecule has 9 heteroatoms. The molecular formula is C21H23N5OS3. The lowest BCUT2D eigenvalue weighted by Gasteiger charge is -2.19. The Balaban J connectivity index is 1.47. The molecule has 1 aliphatic carbocycles. The number of carbonyl (C=O) groups is 1. The summed E-state index contributed by atoms with van der Waals surface area (Å²) < 4.78 is 1.97. The van der Waals surface area contributed by atoms with Gasteiger partial charge in [-0.2, -0.15) is 5.26 Å². The van der Waals surface area contributed by atoms with E-state index in [2.05, 4.69) is 34.6 Å². The molecule has 156 valence electrons. The van der Waals surface area contributed by atoms with E-state index >= 15 is 0 Å². The highest BCUT2D eigenvalue weighted by Gasteiger charge is 2.24. The van der Waals surface area contributed by atoms with Crippen molar-refractivity contribution in [2.75, 3.05) is 5.32 Å². The van der Waals surface area contributed by atoms with Gasteiger partial charge in [0.15, 0.2) is 11.0 Å². The van der Waals surface area contributed by atoms with Crippen molar-refractivity contribution in [2.24, 2.45) is 13.0 Å². The maximum absolute atomic E-state index is 12.6. The van der Waals surface area contributed by atoms with Crippen LogP contribution in [0.4, 0.5) is 5.00 Å². The van der Waals surface area contributed by atoms with Crippen LogP contribution in [0.1, 0.15) is 42.7 Å². The summed E-state index contributed by atoms with van der Waals surface area (Å²) in [6.07, 6.45) is 4.82. The fourth-order valence-electron chi connectivity index (χ4n) is 3.61. The Labute approximate surface area is 188 Å². The Morgan fingerprint density at radius 2 is 2.33 bits per heavy atom. The maximum atomic E-state index is 12.6. The summed E-state index contributed by atoms with van der Waals surface area (Å²) in [7, 11) is 1.95. The number of nitriles is 1. The minimum Gasteiger partial charge on any atom is -0.316 e. The van der Waals surface area contributed by atoms with Gasteiger partial charge in [0.25, 0.3) is 0 Å². The number of thiophene rings is 2. The number of anilines is 1. The van der Waals surface area contributed by atoms with Crippen LogP contribution in [0.15, 0.2) is 22.7 Å². The molecular weight excluding hydrogens is 434 g/mol. The third-order valence-electron chi connectivity index (χ3n) is 5.49. The molecule has 3 aromatic heterocycles. The van der Waals surface area contributed by atoms with Gasteiger partial charge in [-0.1, -0.05) is 25.1 Å². The highest BCUT2D eigenvalue weighted by molar-refractivity contribution is 8.00. The number of aryl methyl sites for hydroxylation is 1. The monoisotopic (exact) mass is 457 g/mol. The van der Waals surface area contributed by atoms with E-state index in [4.69, 9.17) is 5.26 Å². The third-order valence-corrected chi connectivity index (χ3v) is 8.69. The Hall–Kier alpha value is -2.15. The number of aromatic nitrogens is 3. The van der Waals surface area contributed by atoms with Gasteiger partial charge in [0.05, 0.1) is 15.7 Å². The normalized spacial score (nSPS) is 16.7. The molecule has 1 aliphatic rings. The standard InChI is InChI=1S/C21H23N5OS3/c1-4-13-5-6-16-15(9-13)10-17(30-16)18-24-25-21(26(18)3)29-12(2)19(27)23-20-14(11-22)7-8-28-20/h7-8,10,12-13H,4-6,9H2,1-3H3,(H,23,27)/t12-,13+/m1/s1. The van der Waals surface area contributed by atoms with Gasteiger partial charge in [0, 0.05) is 11.9 Å². The number of rotatable bonds is 6. The molecule has 3 aromatic rings. The van der Waals surface area contributed by atoms with Crippen LogP contribution in [0, 0.1) is 17.2 Å². The summed E-state index contributed by atoms with van der Waals surface area (Å²) in [4.78, 5) is 15.2. The lowest BCUT2D eigenvalue weighted by molar-refractivity contribution is -0.115. The predicted molar refractivity (Wildman–Crippen MR) is 123 cm³/mol. The van der Waals surface area contributed by atoms with E-state index < -0.39 is 0 Å². The second-order valence-corrected chi connectivity index (χ2v) is 10.8. The lowest BCUT2D eigenvalue weighted by Crippen LogP contribution is -2.22. The number of hydrogen-bond acceptors (Lipinski definition) is 7. The van der Waals surface area contributed by atoms with E-state index in [9.17, 15) is 4.79 Å². The molecule has 0 spiro atoms. The van der Waals surface area contributed by atoms with Crippen molar-refractivity contribution in [3.63, 3.8) is 0 Å². The van der Waals surface area contributed by atoms with Crippen molar-refractivity contribution < 1.29 is 4.79 Å². The topological polar surface area (TPSA) is 83.6 Å². The number of hydrogen-bond donors (Lipinski definition) is 1. The van der Waals surface area contributed by atoms with Gasteiger partial charge in [0.2, 0.25) is 5.91 Å². The fourth-order valence-corrected chi connectivity index (χ4v) is 6.39. The van der Waals surface area contributed by atoms with E-state index in [-0.39, 0.29) is 11.2 Å². The van der Waals surface area contributed by atoms with Crippen molar-refractivity contribution in [3.05, 3.63) is 33.5 Å². The Morgan fingerprint density at radius 3 is 3.10 bits per heavy atom. The van der Waals surface area contributed by atoms with Crippen LogP contribution in [0.5, 0.6) is 0 Å². The summed E-state index contributed by atoms with van der Waals surface area (Å²) >= 11 is 4.54. The molecule has 0 bridgehead atoms. The summed E-state index contributed by atoms with van der Waals surface area (Å²) in [6.45, 7) is 4.11. The number of amides is 1. The quantitative estimate of drug-likeness (QED) is 0.520. The smallest absolute Gasteiger partial charge is 0.238 e. The highest BCUT2D eigenvalue weighted by Crippen LogP contribution is 2.38. The fraction of sp³-hybridized carbons (Fsp3) is 0.429. The number of nitrogens with one attached hydrogen (secondary N) is 1. The van der Waals surface area contributed by atoms with E-state index in [1.165, 1.54) is 46.4 Å². The summed E-state index contributed by atoms with van der Waals surface area (Å²) in [6, 6.07) is 6.07. The SMILES string of the molecule is CC[C@H]1CCc2sc(-c3nnc(S[C@H](C)C(=O)Nc4sccc4C#N)n3C)cc2C1. The summed E-state index contributed by atoms with van der Waals surface area (Å²) in [5.74, 6) is 1.48. The molecule has 6 nitrogen and oxygen atoms in total. The van der Waals surface area contributed by atoms with Gasteiger partial charge in [-0.25, -0.2) is 0 Å².